The molecule has 2 aromatic rings. The van der Waals surface area contributed by atoms with Crippen LogP contribution in [-0.2, 0) is 17.8 Å². The summed E-state index contributed by atoms with van der Waals surface area (Å²) >= 11 is 0. The van der Waals surface area contributed by atoms with Crippen LogP contribution in [-0.4, -0.2) is 16.9 Å². The van der Waals surface area contributed by atoms with Crippen LogP contribution in [0.2, 0.25) is 0 Å². The molecule has 1 aliphatic heterocycles. The lowest BCUT2D eigenvalue weighted by molar-refractivity contribution is -0.118. The highest BCUT2D eigenvalue weighted by atomic mass is 35.5. The van der Waals surface area contributed by atoms with E-state index in [1.165, 1.54) is 11.1 Å². The zero-order chi connectivity index (χ0) is 13.9. The molecule has 0 fully saturated rings. The molecular formula is C16H19Cl2N3O. The van der Waals surface area contributed by atoms with Gasteiger partial charge in [0.15, 0.2) is 0 Å². The fraction of sp³-hybridized carbons (Fsp3) is 0.250. The number of benzene rings is 1. The molecule has 0 saturated heterocycles. The van der Waals surface area contributed by atoms with Crippen molar-refractivity contribution in [2.45, 2.75) is 25.9 Å². The molecule has 0 spiro atoms. The second kappa shape index (κ2) is 8.13. The van der Waals surface area contributed by atoms with Crippen LogP contribution in [0, 0.1) is 6.92 Å². The molecule has 22 heavy (non-hydrogen) atoms. The van der Waals surface area contributed by atoms with Crippen molar-refractivity contribution in [2.24, 2.45) is 0 Å². The first-order valence-corrected chi connectivity index (χ1v) is 6.76. The predicted octanol–water partition coefficient (Wildman–Crippen LogP) is 2.89. The van der Waals surface area contributed by atoms with Gasteiger partial charge in [0.25, 0.3) is 0 Å². The number of carbonyl (C=O) groups is 1. The maximum atomic E-state index is 12.2. The van der Waals surface area contributed by atoms with Crippen molar-refractivity contribution in [2.75, 3.05) is 5.32 Å². The van der Waals surface area contributed by atoms with Gasteiger partial charge in [0, 0.05) is 12.7 Å². The van der Waals surface area contributed by atoms with E-state index in [1.54, 1.807) is 6.20 Å². The molecule has 2 N–H and O–H groups in total. The van der Waals surface area contributed by atoms with E-state index >= 15 is 0 Å². The lowest BCUT2D eigenvalue weighted by Gasteiger charge is -2.25. The third-order valence-electron chi connectivity index (χ3n) is 3.56. The van der Waals surface area contributed by atoms with E-state index in [2.05, 4.69) is 27.8 Å². The smallest absolute Gasteiger partial charge is 0.243 e. The summed E-state index contributed by atoms with van der Waals surface area (Å²) in [4.78, 5) is 16.4. The zero-order valence-electron chi connectivity index (χ0n) is 12.2. The Kier molecular flexibility index (Phi) is 6.81. The van der Waals surface area contributed by atoms with Crippen LogP contribution in [0.25, 0.3) is 0 Å². The molecule has 0 radical (unpaired) electrons. The van der Waals surface area contributed by atoms with E-state index in [9.17, 15) is 4.79 Å². The molecule has 2 heterocycles. The molecule has 1 aromatic heterocycles. The van der Waals surface area contributed by atoms with Gasteiger partial charge in [-0.25, -0.2) is 4.98 Å². The van der Waals surface area contributed by atoms with Crippen LogP contribution >= 0.6 is 24.8 Å². The quantitative estimate of drug-likeness (QED) is 0.884. The first-order chi connectivity index (χ1) is 9.72. The maximum Gasteiger partial charge on any atom is 0.243 e. The molecule has 3 rings (SSSR count). The number of anilines is 1. The van der Waals surface area contributed by atoms with Crippen LogP contribution in [0.4, 0.5) is 5.82 Å². The number of aryl methyl sites for hydroxylation is 1. The van der Waals surface area contributed by atoms with E-state index < -0.39 is 0 Å². The van der Waals surface area contributed by atoms with Crippen molar-refractivity contribution in [3.8, 4) is 0 Å². The van der Waals surface area contributed by atoms with Crippen molar-refractivity contribution < 1.29 is 4.79 Å². The number of pyridine rings is 1. The number of nitrogens with zero attached hydrogens (tertiary/aromatic N) is 1. The van der Waals surface area contributed by atoms with Crippen LogP contribution in [0.1, 0.15) is 16.7 Å². The topological polar surface area (TPSA) is 54.0 Å². The lowest BCUT2D eigenvalue weighted by Crippen LogP contribution is -2.44. The van der Waals surface area contributed by atoms with Crippen molar-refractivity contribution in [1.29, 1.82) is 0 Å². The highest BCUT2D eigenvalue weighted by Gasteiger charge is 2.23. The van der Waals surface area contributed by atoms with Crippen LogP contribution in [0.5, 0.6) is 0 Å². The summed E-state index contributed by atoms with van der Waals surface area (Å²) in [5, 5.41) is 6.12. The molecule has 0 saturated carbocycles. The summed E-state index contributed by atoms with van der Waals surface area (Å²) in [5.41, 5.74) is 3.58. The summed E-state index contributed by atoms with van der Waals surface area (Å²) in [6.45, 7) is 2.70. The standard InChI is InChI=1S/C16H17N3O.2ClH/c1-11-6-7-15(18-9-11)19-16(20)14-8-12-4-2-3-5-13(12)10-17-14;;/h2-7,9,14,17H,8,10H2,1H3,(H,18,19,20);2*1H. The Hall–Kier alpha value is -1.62. The van der Waals surface area contributed by atoms with Gasteiger partial charge in [-0.1, -0.05) is 30.3 Å². The Labute approximate surface area is 142 Å². The largest absolute Gasteiger partial charge is 0.309 e. The van der Waals surface area contributed by atoms with E-state index in [1.807, 2.05) is 31.2 Å². The molecule has 4 nitrogen and oxygen atoms in total. The third kappa shape index (κ3) is 4.19. The van der Waals surface area contributed by atoms with Crippen LogP contribution in [0.15, 0.2) is 42.6 Å². The molecule has 1 unspecified atom stereocenters. The number of hydrogen-bond acceptors (Lipinski definition) is 3. The second-order valence-corrected chi connectivity index (χ2v) is 5.12. The summed E-state index contributed by atoms with van der Waals surface area (Å²) in [6.07, 6.45) is 2.47. The Bertz CT molecular complexity index is 632. The molecule has 1 amide bonds. The minimum Gasteiger partial charge on any atom is -0.309 e. The fourth-order valence-electron chi connectivity index (χ4n) is 2.39. The summed E-state index contributed by atoms with van der Waals surface area (Å²) in [5.74, 6) is 0.567. The highest BCUT2D eigenvalue weighted by Crippen LogP contribution is 2.17. The predicted molar refractivity (Wildman–Crippen MR) is 92.9 cm³/mol. The third-order valence-corrected chi connectivity index (χ3v) is 3.56. The Morgan fingerprint density at radius 2 is 1.91 bits per heavy atom. The van der Waals surface area contributed by atoms with Gasteiger partial charge >= 0.3 is 0 Å². The van der Waals surface area contributed by atoms with E-state index in [0.29, 0.717) is 12.2 Å². The molecule has 118 valence electrons. The average molecular weight is 340 g/mol. The number of halogens is 2. The number of hydrogen-bond donors (Lipinski definition) is 2. The number of rotatable bonds is 2. The van der Waals surface area contributed by atoms with Crippen LogP contribution < -0.4 is 10.6 Å². The molecule has 0 aliphatic carbocycles. The first-order valence-electron chi connectivity index (χ1n) is 6.76. The highest BCUT2D eigenvalue weighted by molar-refractivity contribution is 5.94. The van der Waals surface area contributed by atoms with Gasteiger partial charge in [-0.05, 0) is 36.1 Å². The molecule has 1 atom stereocenters. The van der Waals surface area contributed by atoms with Crippen molar-refractivity contribution in [3.63, 3.8) is 0 Å². The minimum atomic E-state index is -0.201. The van der Waals surface area contributed by atoms with Crippen molar-refractivity contribution >= 4 is 36.5 Å². The Balaban J connectivity index is 0.00000121. The van der Waals surface area contributed by atoms with Gasteiger partial charge in [0.05, 0.1) is 6.04 Å². The van der Waals surface area contributed by atoms with Gasteiger partial charge in [-0.15, -0.1) is 24.8 Å². The lowest BCUT2D eigenvalue weighted by atomic mass is 9.95. The van der Waals surface area contributed by atoms with Gasteiger partial charge < -0.3 is 10.6 Å². The SMILES string of the molecule is Cc1ccc(NC(=O)C2Cc3ccccc3CN2)nc1.Cl.Cl. The Morgan fingerprint density at radius 3 is 2.59 bits per heavy atom. The number of aromatic nitrogens is 1. The monoisotopic (exact) mass is 339 g/mol. The summed E-state index contributed by atoms with van der Waals surface area (Å²) in [7, 11) is 0. The fourth-order valence-corrected chi connectivity index (χ4v) is 2.39. The van der Waals surface area contributed by atoms with Gasteiger partial charge in [0.2, 0.25) is 5.91 Å². The number of amides is 1. The minimum absolute atomic E-state index is 0. The van der Waals surface area contributed by atoms with E-state index in [-0.39, 0.29) is 36.8 Å². The molecule has 0 bridgehead atoms. The zero-order valence-corrected chi connectivity index (χ0v) is 13.8. The second-order valence-electron chi connectivity index (χ2n) is 5.12. The molecule has 1 aromatic carbocycles. The van der Waals surface area contributed by atoms with Gasteiger partial charge in [0.1, 0.15) is 5.82 Å². The van der Waals surface area contributed by atoms with E-state index in [4.69, 9.17) is 0 Å². The maximum absolute atomic E-state index is 12.2. The van der Waals surface area contributed by atoms with Gasteiger partial charge in [-0.2, -0.15) is 0 Å². The number of nitrogens with one attached hydrogen (secondary N) is 2. The summed E-state index contributed by atoms with van der Waals surface area (Å²) in [6, 6.07) is 11.8. The molecule has 6 heteroatoms. The van der Waals surface area contributed by atoms with Gasteiger partial charge in [-0.3, -0.25) is 4.79 Å². The van der Waals surface area contributed by atoms with Crippen LogP contribution in [0.3, 0.4) is 0 Å². The van der Waals surface area contributed by atoms with E-state index in [0.717, 1.165) is 12.1 Å². The van der Waals surface area contributed by atoms with Crippen molar-refractivity contribution in [1.82, 2.24) is 10.3 Å². The Morgan fingerprint density at radius 1 is 1.18 bits per heavy atom. The molecular weight excluding hydrogens is 321 g/mol. The normalized spacial score (nSPS) is 15.8. The van der Waals surface area contributed by atoms with Crippen molar-refractivity contribution in [3.05, 3.63) is 59.3 Å². The molecule has 1 aliphatic rings. The first kappa shape index (κ1) is 18.4. The number of carbonyl (C=O) groups excluding carboxylic acids is 1. The summed E-state index contributed by atoms with van der Waals surface area (Å²) < 4.78 is 0. The average Bonchev–Trinajstić information content (AvgIpc) is 2.49. The number of fused-ring (bicyclic) bond motifs is 1.